The molecule has 2 aromatic rings. The molecule has 0 aromatic carbocycles. The van der Waals surface area contributed by atoms with Crippen molar-refractivity contribution in [1.29, 1.82) is 0 Å². The van der Waals surface area contributed by atoms with Crippen LogP contribution in [0, 0.1) is 0 Å². The van der Waals surface area contributed by atoms with Crippen LogP contribution in [0.25, 0.3) is 11.0 Å². The first-order valence-corrected chi connectivity index (χ1v) is 4.68. The van der Waals surface area contributed by atoms with Gasteiger partial charge in [0.05, 0.1) is 9.50 Å². The second-order valence-electron chi connectivity index (χ2n) is 2.54. The van der Waals surface area contributed by atoms with Crippen molar-refractivity contribution >= 4 is 38.6 Å². The van der Waals surface area contributed by atoms with E-state index in [1.165, 1.54) is 6.20 Å². The van der Waals surface area contributed by atoms with Crippen LogP contribution in [0.4, 0.5) is 0 Å². The van der Waals surface area contributed by atoms with E-state index in [2.05, 4.69) is 25.9 Å². The first-order valence-electron chi connectivity index (χ1n) is 3.51. The molecular weight excluding hydrogens is 255 g/mol. The Hall–Kier alpha value is -0.870. The zero-order valence-electron chi connectivity index (χ0n) is 6.34. The monoisotopic (exact) mass is 258 g/mol. The molecule has 0 aliphatic carbocycles. The van der Waals surface area contributed by atoms with Gasteiger partial charge in [0, 0.05) is 11.6 Å². The van der Waals surface area contributed by atoms with Gasteiger partial charge in [0.25, 0.3) is 5.56 Å². The van der Waals surface area contributed by atoms with E-state index < -0.39 is 0 Å². The molecule has 2 aromatic heterocycles. The van der Waals surface area contributed by atoms with E-state index in [9.17, 15) is 4.79 Å². The SMILES string of the molecule is O=c1[nH]c2ncc(Cl)cc2cc1Br. The number of hydrogen-bond donors (Lipinski definition) is 1. The van der Waals surface area contributed by atoms with E-state index in [1.54, 1.807) is 12.1 Å². The van der Waals surface area contributed by atoms with Gasteiger partial charge in [-0.2, -0.15) is 0 Å². The smallest absolute Gasteiger partial charge is 0.263 e. The Morgan fingerprint density at radius 1 is 1.46 bits per heavy atom. The average Bonchev–Trinajstić information content (AvgIpc) is 2.08. The van der Waals surface area contributed by atoms with Crippen LogP contribution in [0.15, 0.2) is 27.6 Å². The number of aromatic nitrogens is 2. The van der Waals surface area contributed by atoms with E-state index in [-0.39, 0.29) is 5.56 Å². The van der Waals surface area contributed by atoms with Crippen LogP contribution in [0.2, 0.25) is 5.02 Å². The third-order valence-corrected chi connectivity index (χ3v) is 2.41. The second kappa shape index (κ2) is 3.12. The maximum atomic E-state index is 11.1. The number of H-pyrrole nitrogens is 1. The molecule has 0 saturated heterocycles. The molecule has 5 heteroatoms. The third kappa shape index (κ3) is 1.59. The molecule has 0 saturated carbocycles. The lowest BCUT2D eigenvalue weighted by Crippen LogP contribution is -2.06. The van der Waals surface area contributed by atoms with E-state index >= 15 is 0 Å². The summed E-state index contributed by atoms with van der Waals surface area (Å²) in [4.78, 5) is 17.7. The van der Waals surface area contributed by atoms with Crippen molar-refractivity contribution < 1.29 is 0 Å². The van der Waals surface area contributed by atoms with Gasteiger partial charge in [0.1, 0.15) is 5.65 Å². The molecule has 66 valence electrons. The lowest BCUT2D eigenvalue weighted by molar-refractivity contribution is 1.22. The number of nitrogens with zero attached hydrogens (tertiary/aromatic N) is 1. The lowest BCUT2D eigenvalue weighted by atomic mass is 10.3. The van der Waals surface area contributed by atoms with Crippen LogP contribution in [-0.2, 0) is 0 Å². The molecular formula is C8H4BrClN2O. The second-order valence-corrected chi connectivity index (χ2v) is 3.83. The van der Waals surface area contributed by atoms with Crippen molar-refractivity contribution in [2.45, 2.75) is 0 Å². The van der Waals surface area contributed by atoms with Crippen molar-refractivity contribution in [1.82, 2.24) is 9.97 Å². The van der Waals surface area contributed by atoms with E-state index in [0.717, 1.165) is 5.39 Å². The van der Waals surface area contributed by atoms with Gasteiger partial charge in [0.15, 0.2) is 0 Å². The van der Waals surface area contributed by atoms with Crippen molar-refractivity contribution in [3.63, 3.8) is 0 Å². The largest absolute Gasteiger partial charge is 0.306 e. The van der Waals surface area contributed by atoms with Crippen molar-refractivity contribution in [2.75, 3.05) is 0 Å². The minimum absolute atomic E-state index is 0.192. The molecule has 3 nitrogen and oxygen atoms in total. The summed E-state index contributed by atoms with van der Waals surface area (Å²) in [5.74, 6) is 0. The highest BCUT2D eigenvalue weighted by molar-refractivity contribution is 9.10. The summed E-state index contributed by atoms with van der Waals surface area (Å²) < 4.78 is 0.476. The summed E-state index contributed by atoms with van der Waals surface area (Å²) in [6.07, 6.45) is 1.49. The number of fused-ring (bicyclic) bond motifs is 1. The fraction of sp³-hybridized carbons (Fsp3) is 0. The summed E-state index contributed by atoms with van der Waals surface area (Å²) in [6, 6.07) is 3.43. The molecule has 0 atom stereocenters. The summed E-state index contributed by atoms with van der Waals surface area (Å²) in [7, 11) is 0. The molecule has 0 spiro atoms. The van der Waals surface area contributed by atoms with E-state index in [1.807, 2.05) is 0 Å². The zero-order chi connectivity index (χ0) is 9.42. The summed E-state index contributed by atoms with van der Waals surface area (Å²) in [5.41, 5.74) is 0.347. The van der Waals surface area contributed by atoms with Gasteiger partial charge >= 0.3 is 0 Å². The summed E-state index contributed by atoms with van der Waals surface area (Å²) >= 11 is 8.87. The number of nitrogens with one attached hydrogen (secondary N) is 1. The van der Waals surface area contributed by atoms with Gasteiger partial charge in [-0.1, -0.05) is 11.6 Å². The zero-order valence-corrected chi connectivity index (χ0v) is 8.69. The number of hydrogen-bond acceptors (Lipinski definition) is 2. The topological polar surface area (TPSA) is 45.8 Å². The van der Waals surface area contributed by atoms with Crippen molar-refractivity contribution in [3.8, 4) is 0 Å². The van der Waals surface area contributed by atoms with E-state index in [4.69, 9.17) is 11.6 Å². The standard InChI is InChI=1S/C8H4BrClN2O/c9-6-2-4-1-5(10)3-11-7(4)12-8(6)13/h1-3H,(H,11,12,13). The van der Waals surface area contributed by atoms with Gasteiger partial charge < -0.3 is 4.98 Å². The molecule has 0 radical (unpaired) electrons. The minimum atomic E-state index is -0.192. The van der Waals surface area contributed by atoms with Gasteiger partial charge in [-0.3, -0.25) is 4.79 Å². The molecule has 1 N–H and O–H groups in total. The maximum Gasteiger partial charge on any atom is 0.263 e. The van der Waals surface area contributed by atoms with Gasteiger partial charge in [-0.25, -0.2) is 4.98 Å². The Bertz CT molecular complexity index is 523. The van der Waals surface area contributed by atoms with Crippen molar-refractivity contribution in [2.24, 2.45) is 0 Å². The number of rotatable bonds is 0. The first kappa shape index (κ1) is 8.72. The highest BCUT2D eigenvalue weighted by Crippen LogP contribution is 2.16. The van der Waals surface area contributed by atoms with E-state index in [0.29, 0.717) is 15.1 Å². The van der Waals surface area contributed by atoms with Gasteiger partial charge in [-0.15, -0.1) is 0 Å². The van der Waals surface area contributed by atoms with Crippen LogP contribution in [0.1, 0.15) is 0 Å². The average molecular weight is 259 g/mol. The third-order valence-electron chi connectivity index (χ3n) is 1.61. The lowest BCUT2D eigenvalue weighted by Gasteiger charge is -1.97. The Morgan fingerprint density at radius 2 is 2.23 bits per heavy atom. The molecule has 0 aliphatic rings. The summed E-state index contributed by atoms with van der Waals surface area (Å²) in [6.45, 7) is 0. The fourth-order valence-electron chi connectivity index (χ4n) is 1.04. The van der Waals surface area contributed by atoms with Crippen LogP contribution < -0.4 is 5.56 Å². The number of pyridine rings is 2. The van der Waals surface area contributed by atoms with Gasteiger partial charge in [-0.05, 0) is 28.1 Å². The summed E-state index contributed by atoms with van der Waals surface area (Å²) in [5, 5.41) is 1.35. The Balaban J connectivity index is 2.89. The van der Waals surface area contributed by atoms with Crippen LogP contribution in [-0.4, -0.2) is 9.97 Å². The first-order chi connectivity index (χ1) is 6.16. The minimum Gasteiger partial charge on any atom is -0.306 e. The molecule has 0 amide bonds. The highest BCUT2D eigenvalue weighted by atomic mass is 79.9. The molecule has 0 bridgehead atoms. The molecule has 0 unspecified atom stereocenters. The van der Waals surface area contributed by atoms with Crippen molar-refractivity contribution in [3.05, 3.63) is 38.2 Å². The molecule has 13 heavy (non-hydrogen) atoms. The molecule has 2 rings (SSSR count). The maximum absolute atomic E-state index is 11.1. The Labute approximate surface area is 86.9 Å². The van der Waals surface area contributed by atoms with Crippen LogP contribution in [0.5, 0.6) is 0 Å². The fourth-order valence-corrected chi connectivity index (χ4v) is 1.55. The van der Waals surface area contributed by atoms with Crippen LogP contribution in [0.3, 0.4) is 0 Å². The Morgan fingerprint density at radius 3 is 3.00 bits per heavy atom. The normalized spacial score (nSPS) is 10.6. The van der Waals surface area contributed by atoms with Gasteiger partial charge in [0.2, 0.25) is 0 Å². The molecule has 2 heterocycles. The molecule has 0 fully saturated rings. The number of halogens is 2. The Kier molecular flexibility index (Phi) is 2.09. The van der Waals surface area contributed by atoms with Crippen LogP contribution >= 0.6 is 27.5 Å². The quantitative estimate of drug-likeness (QED) is 0.789. The molecule has 0 aliphatic heterocycles. The predicted molar refractivity (Wildman–Crippen MR) is 55.1 cm³/mol. The predicted octanol–water partition coefficient (Wildman–Crippen LogP) is 2.34. The highest BCUT2D eigenvalue weighted by Gasteiger charge is 2.00. The number of aromatic amines is 1.